The average Bonchev–Trinajstić information content (AvgIpc) is 3.41. The third-order valence-electron chi connectivity index (χ3n) is 5.40. The molecule has 1 aliphatic heterocycles. The largest absolute Gasteiger partial charge is 0.363 e. The molecule has 2 aliphatic rings. The first kappa shape index (κ1) is 18.2. The van der Waals surface area contributed by atoms with Crippen molar-refractivity contribution in [2.75, 3.05) is 37.0 Å². The monoisotopic (exact) mass is 385 g/mol. The zero-order valence-corrected chi connectivity index (χ0v) is 17.1. The fourth-order valence-electron chi connectivity index (χ4n) is 3.80. The molecule has 6 nitrogen and oxygen atoms in total. The van der Waals surface area contributed by atoms with E-state index in [0.717, 1.165) is 42.4 Å². The zero-order chi connectivity index (χ0) is 19.0. The van der Waals surface area contributed by atoms with E-state index in [9.17, 15) is 4.79 Å². The predicted octanol–water partition coefficient (Wildman–Crippen LogP) is 3.19. The first-order valence-electron chi connectivity index (χ1n) is 9.66. The van der Waals surface area contributed by atoms with Crippen molar-refractivity contribution in [2.24, 2.45) is 0 Å². The molecule has 2 aromatic rings. The van der Waals surface area contributed by atoms with Crippen molar-refractivity contribution in [1.29, 1.82) is 0 Å². The molecule has 7 heteroatoms. The topological polar surface area (TPSA) is 52.6 Å². The molecule has 1 aliphatic carbocycles. The highest BCUT2D eigenvalue weighted by atomic mass is 32.1. The van der Waals surface area contributed by atoms with Gasteiger partial charge in [0, 0.05) is 50.2 Å². The lowest BCUT2D eigenvalue weighted by atomic mass is 10.0. The summed E-state index contributed by atoms with van der Waals surface area (Å²) >= 11 is 1.59. The SMILES string of the molecule is Cc1ccc(C(=O)N2CCC(N(c3cc(N(C)C)ncn3)C3CC3)CC2)s1. The second-order valence-electron chi connectivity index (χ2n) is 7.70. The molecule has 4 rings (SSSR count). The smallest absolute Gasteiger partial charge is 0.263 e. The number of hydrogen-bond acceptors (Lipinski definition) is 6. The summed E-state index contributed by atoms with van der Waals surface area (Å²) in [6.07, 6.45) is 6.11. The number of hydrogen-bond donors (Lipinski definition) is 0. The Hall–Kier alpha value is -2.15. The van der Waals surface area contributed by atoms with Crippen molar-refractivity contribution >= 4 is 28.9 Å². The van der Waals surface area contributed by atoms with E-state index in [4.69, 9.17) is 0 Å². The predicted molar refractivity (Wildman–Crippen MR) is 110 cm³/mol. The lowest BCUT2D eigenvalue weighted by molar-refractivity contribution is 0.0717. The Kier molecular flexibility index (Phi) is 5.04. The van der Waals surface area contributed by atoms with Crippen LogP contribution in [0.15, 0.2) is 24.5 Å². The van der Waals surface area contributed by atoms with Crippen LogP contribution in [0.25, 0.3) is 0 Å². The van der Waals surface area contributed by atoms with Gasteiger partial charge in [0.15, 0.2) is 0 Å². The van der Waals surface area contributed by atoms with E-state index in [0.29, 0.717) is 12.1 Å². The van der Waals surface area contributed by atoms with E-state index in [2.05, 4.69) is 20.9 Å². The number of anilines is 2. The summed E-state index contributed by atoms with van der Waals surface area (Å²) in [7, 11) is 4.01. The maximum absolute atomic E-state index is 12.7. The van der Waals surface area contributed by atoms with Crippen LogP contribution in [0.1, 0.15) is 40.2 Å². The van der Waals surface area contributed by atoms with Gasteiger partial charge in [0.25, 0.3) is 5.91 Å². The van der Waals surface area contributed by atoms with E-state index in [1.165, 1.54) is 17.7 Å². The second kappa shape index (κ2) is 7.46. The fourth-order valence-corrected chi connectivity index (χ4v) is 4.64. The maximum atomic E-state index is 12.7. The second-order valence-corrected chi connectivity index (χ2v) is 8.99. The minimum Gasteiger partial charge on any atom is -0.363 e. The number of piperidine rings is 1. The molecular weight excluding hydrogens is 358 g/mol. The van der Waals surface area contributed by atoms with Crippen LogP contribution in [-0.4, -0.2) is 60.0 Å². The van der Waals surface area contributed by atoms with E-state index in [1.807, 2.05) is 43.0 Å². The molecule has 0 unspecified atom stereocenters. The van der Waals surface area contributed by atoms with Crippen LogP contribution in [0.3, 0.4) is 0 Å². The van der Waals surface area contributed by atoms with Crippen molar-refractivity contribution in [3.63, 3.8) is 0 Å². The van der Waals surface area contributed by atoms with Crippen molar-refractivity contribution in [3.05, 3.63) is 34.3 Å². The van der Waals surface area contributed by atoms with Crippen molar-refractivity contribution in [2.45, 2.75) is 44.7 Å². The molecule has 0 radical (unpaired) electrons. The fraction of sp³-hybridized carbons (Fsp3) is 0.550. The Balaban J connectivity index is 1.45. The van der Waals surface area contributed by atoms with Crippen LogP contribution in [0, 0.1) is 6.92 Å². The summed E-state index contributed by atoms with van der Waals surface area (Å²) in [4.78, 5) is 30.2. The summed E-state index contributed by atoms with van der Waals surface area (Å²) in [5, 5.41) is 0. The first-order valence-corrected chi connectivity index (χ1v) is 10.5. The normalized spacial score (nSPS) is 17.8. The number of carbonyl (C=O) groups excluding carboxylic acids is 1. The highest BCUT2D eigenvalue weighted by molar-refractivity contribution is 7.13. The number of thiophene rings is 1. The molecule has 27 heavy (non-hydrogen) atoms. The Labute approximate surface area is 164 Å². The molecule has 0 bridgehead atoms. The first-order chi connectivity index (χ1) is 13.0. The van der Waals surface area contributed by atoms with Gasteiger partial charge in [-0.2, -0.15) is 0 Å². The third-order valence-corrected chi connectivity index (χ3v) is 6.39. The van der Waals surface area contributed by atoms with Gasteiger partial charge in [-0.25, -0.2) is 9.97 Å². The number of rotatable bonds is 5. The Morgan fingerprint density at radius 3 is 2.33 bits per heavy atom. The molecule has 0 aromatic carbocycles. The van der Waals surface area contributed by atoms with Gasteiger partial charge in [0.2, 0.25) is 0 Å². The van der Waals surface area contributed by atoms with E-state index < -0.39 is 0 Å². The van der Waals surface area contributed by atoms with Gasteiger partial charge in [0.05, 0.1) is 4.88 Å². The minimum absolute atomic E-state index is 0.182. The van der Waals surface area contributed by atoms with Crippen LogP contribution >= 0.6 is 11.3 Å². The van der Waals surface area contributed by atoms with Crippen LogP contribution < -0.4 is 9.80 Å². The molecule has 0 atom stereocenters. The molecule has 0 spiro atoms. The van der Waals surface area contributed by atoms with Gasteiger partial charge >= 0.3 is 0 Å². The van der Waals surface area contributed by atoms with E-state index in [-0.39, 0.29) is 5.91 Å². The third kappa shape index (κ3) is 3.93. The summed E-state index contributed by atoms with van der Waals surface area (Å²) in [5.74, 6) is 2.14. The van der Waals surface area contributed by atoms with Crippen LogP contribution in [-0.2, 0) is 0 Å². The van der Waals surface area contributed by atoms with E-state index >= 15 is 0 Å². The molecule has 144 valence electrons. The molecule has 1 saturated heterocycles. The van der Waals surface area contributed by atoms with Crippen LogP contribution in [0.2, 0.25) is 0 Å². The zero-order valence-electron chi connectivity index (χ0n) is 16.3. The molecule has 1 amide bonds. The Morgan fingerprint density at radius 1 is 1.07 bits per heavy atom. The van der Waals surface area contributed by atoms with Gasteiger partial charge in [-0.3, -0.25) is 4.79 Å². The number of nitrogens with zero attached hydrogens (tertiary/aromatic N) is 5. The lowest BCUT2D eigenvalue weighted by Crippen LogP contribution is -2.48. The average molecular weight is 386 g/mol. The summed E-state index contributed by atoms with van der Waals surface area (Å²) in [6, 6.07) is 7.09. The highest BCUT2D eigenvalue weighted by Crippen LogP contribution is 2.36. The number of aryl methyl sites for hydroxylation is 1. The van der Waals surface area contributed by atoms with Crippen LogP contribution in [0.4, 0.5) is 11.6 Å². The minimum atomic E-state index is 0.182. The Morgan fingerprint density at radius 2 is 1.74 bits per heavy atom. The number of carbonyl (C=O) groups is 1. The standard InChI is InChI=1S/C20H27N5OS/c1-14-4-7-17(27-14)20(26)24-10-8-16(9-11-24)25(15-5-6-15)19-12-18(23(2)3)21-13-22-19/h4,7,12-13,15-16H,5-6,8-11H2,1-3H3. The van der Waals surface area contributed by atoms with E-state index in [1.54, 1.807) is 17.7 Å². The highest BCUT2D eigenvalue weighted by Gasteiger charge is 2.37. The van der Waals surface area contributed by atoms with Gasteiger partial charge in [-0.1, -0.05) is 0 Å². The lowest BCUT2D eigenvalue weighted by Gasteiger charge is -2.39. The molecule has 2 aromatic heterocycles. The summed E-state index contributed by atoms with van der Waals surface area (Å²) < 4.78 is 0. The van der Waals surface area contributed by atoms with Crippen molar-refractivity contribution < 1.29 is 4.79 Å². The molecule has 0 N–H and O–H groups in total. The molecule has 1 saturated carbocycles. The van der Waals surface area contributed by atoms with Gasteiger partial charge < -0.3 is 14.7 Å². The quantitative estimate of drug-likeness (QED) is 0.791. The molecule has 2 fully saturated rings. The number of likely N-dealkylation sites (tertiary alicyclic amines) is 1. The maximum Gasteiger partial charge on any atom is 0.263 e. The summed E-state index contributed by atoms with van der Waals surface area (Å²) in [5.41, 5.74) is 0. The molecular formula is C20H27N5OS. The summed E-state index contributed by atoms with van der Waals surface area (Å²) in [6.45, 7) is 3.68. The van der Waals surface area contributed by atoms with Gasteiger partial charge in [0.1, 0.15) is 18.0 Å². The van der Waals surface area contributed by atoms with Gasteiger partial charge in [-0.05, 0) is 44.7 Å². The Bertz CT molecular complexity index is 808. The molecule has 3 heterocycles. The van der Waals surface area contributed by atoms with Crippen molar-refractivity contribution in [1.82, 2.24) is 14.9 Å². The van der Waals surface area contributed by atoms with Crippen LogP contribution in [0.5, 0.6) is 0 Å². The van der Waals surface area contributed by atoms with Gasteiger partial charge in [-0.15, -0.1) is 11.3 Å². The number of amides is 1. The number of aromatic nitrogens is 2. The van der Waals surface area contributed by atoms with Crippen molar-refractivity contribution in [3.8, 4) is 0 Å².